The maximum Gasteiger partial charge on any atom is 0.272 e. The van der Waals surface area contributed by atoms with E-state index in [1.807, 2.05) is 6.92 Å². The van der Waals surface area contributed by atoms with Gasteiger partial charge >= 0.3 is 0 Å². The van der Waals surface area contributed by atoms with Gasteiger partial charge < -0.3 is 10.7 Å². The van der Waals surface area contributed by atoms with Crippen molar-refractivity contribution in [3.05, 3.63) is 17.8 Å². The standard InChI is InChI=1S/C12H21N5O/c1-3-4-5-6-9(2)14-12(18)10-7-8-11(15-13)17-16-10/h7-9H,3-6,13H2,1-2H3,(H,14,18)(H,15,17). The van der Waals surface area contributed by atoms with Crippen molar-refractivity contribution in [3.8, 4) is 0 Å². The lowest BCUT2D eigenvalue weighted by molar-refractivity contribution is 0.0932. The van der Waals surface area contributed by atoms with Crippen molar-refractivity contribution in [2.75, 3.05) is 5.43 Å². The highest BCUT2D eigenvalue weighted by Crippen LogP contribution is 2.04. The minimum Gasteiger partial charge on any atom is -0.348 e. The monoisotopic (exact) mass is 251 g/mol. The fraction of sp³-hybridized carbons (Fsp3) is 0.583. The van der Waals surface area contributed by atoms with Crippen LogP contribution in [0.4, 0.5) is 5.82 Å². The summed E-state index contributed by atoms with van der Waals surface area (Å²) in [6, 6.07) is 3.36. The lowest BCUT2D eigenvalue weighted by atomic mass is 10.1. The summed E-state index contributed by atoms with van der Waals surface area (Å²) in [4.78, 5) is 11.8. The van der Waals surface area contributed by atoms with Crippen molar-refractivity contribution in [1.29, 1.82) is 0 Å². The Morgan fingerprint density at radius 1 is 1.39 bits per heavy atom. The van der Waals surface area contributed by atoms with E-state index < -0.39 is 0 Å². The third-order valence-corrected chi connectivity index (χ3v) is 2.66. The molecule has 0 spiro atoms. The van der Waals surface area contributed by atoms with Crippen LogP contribution in [0, 0.1) is 0 Å². The largest absolute Gasteiger partial charge is 0.348 e. The number of hydrazine groups is 1. The molecule has 0 saturated carbocycles. The smallest absolute Gasteiger partial charge is 0.272 e. The van der Waals surface area contributed by atoms with Gasteiger partial charge in [-0.05, 0) is 25.5 Å². The zero-order chi connectivity index (χ0) is 13.4. The summed E-state index contributed by atoms with van der Waals surface area (Å²) in [6.45, 7) is 4.16. The van der Waals surface area contributed by atoms with E-state index >= 15 is 0 Å². The first-order valence-electron chi connectivity index (χ1n) is 6.28. The number of hydrogen-bond donors (Lipinski definition) is 3. The average molecular weight is 251 g/mol. The first-order valence-corrected chi connectivity index (χ1v) is 6.28. The van der Waals surface area contributed by atoms with Crippen LogP contribution in [-0.4, -0.2) is 22.1 Å². The third kappa shape index (κ3) is 4.67. The Labute approximate surface area is 107 Å². The van der Waals surface area contributed by atoms with Crippen LogP contribution in [0.2, 0.25) is 0 Å². The van der Waals surface area contributed by atoms with E-state index in [2.05, 4.69) is 27.9 Å². The van der Waals surface area contributed by atoms with Gasteiger partial charge in [0.25, 0.3) is 5.91 Å². The predicted molar refractivity (Wildman–Crippen MR) is 70.9 cm³/mol. The second kappa shape index (κ2) is 7.60. The third-order valence-electron chi connectivity index (χ3n) is 2.66. The van der Waals surface area contributed by atoms with E-state index in [-0.39, 0.29) is 11.9 Å². The molecule has 0 aromatic carbocycles. The van der Waals surface area contributed by atoms with Gasteiger partial charge in [-0.2, -0.15) is 0 Å². The van der Waals surface area contributed by atoms with E-state index in [1.165, 1.54) is 12.8 Å². The highest BCUT2D eigenvalue weighted by atomic mass is 16.2. The molecule has 0 bridgehead atoms. The maximum absolute atomic E-state index is 11.8. The number of nitrogen functional groups attached to an aromatic ring is 1. The molecular weight excluding hydrogens is 230 g/mol. The zero-order valence-corrected chi connectivity index (χ0v) is 10.9. The molecule has 1 aromatic rings. The van der Waals surface area contributed by atoms with Crippen LogP contribution < -0.4 is 16.6 Å². The van der Waals surface area contributed by atoms with Crippen molar-refractivity contribution in [1.82, 2.24) is 15.5 Å². The molecule has 0 aliphatic carbocycles. The molecule has 100 valence electrons. The highest BCUT2D eigenvalue weighted by molar-refractivity contribution is 5.92. The maximum atomic E-state index is 11.8. The number of aromatic nitrogens is 2. The molecule has 0 aliphatic heterocycles. The number of nitrogens with two attached hydrogens (primary N) is 1. The predicted octanol–water partition coefficient (Wildman–Crippen LogP) is 1.46. The van der Waals surface area contributed by atoms with E-state index in [4.69, 9.17) is 5.84 Å². The second-order valence-electron chi connectivity index (χ2n) is 4.32. The summed E-state index contributed by atoms with van der Waals surface area (Å²) in [7, 11) is 0. The van der Waals surface area contributed by atoms with Gasteiger partial charge in [0.2, 0.25) is 0 Å². The minimum absolute atomic E-state index is 0.151. The molecule has 1 atom stereocenters. The normalized spacial score (nSPS) is 11.9. The number of carbonyl (C=O) groups is 1. The van der Waals surface area contributed by atoms with Gasteiger partial charge in [0.1, 0.15) is 0 Å². The van der Waals surface area contributed by atoms with Gasteiger partial charge in [0.15, 0.2) is 11.5 Å². The van der Waals surface area contributed by atoms with E-state index in [0.29, 0.717) is 11.5 Å². The Bertz CT molecular complexity index is 365. The number of amides is 1. The van der Waals surface area contributed by atoms with Crippen molar-refractivity contribution < 1.29 is 4.79 Å². The van der Waals surface area contributed by atoms with Crippen molar-refractivity contribution in [2.24, 2.45) is 5.84 Å². The van der Waals surface area contributed by atoms with Crippen LogP contribution in [0.25, 0.3) is 0 Å². The number of hydrogen-bond acceptors (Lipinski definition) is 5. The van der Waals surface area contributed by atoms with Gasteiger partial charge in [-0.3, -0.25) is 4.79 Å². The van der Waals surface area contributed by atoms with E-state index in [1.54, 1.807) is 12.1 Å². The van der Waals surface area contributed by atoms with Crippen LogP contribution in [-0.2, 0) is 0 Å². The molecule has 18 heavy (non-hydrogen) atoms. The number of nitrogens with one attached hydrogen (secondary N) is 2. The molecule has 1 heterocycles. The van der Waals surface area contributed by atoms with Crippen molar-refractivity contribution >= 4 is 11.7 Å². The van der Waals surface area contributed by atoms with Crippen molar-refractivity contribution in [2.45, 2.75) is 45.6 Å². The van der Waals surface area contributed by atoms with Gasteiger partial charge in [0.05, 0.1) is 0 Å². The summed E-state index contributed by atoms with van der Waals surface area (Å²) in [5, 5.41) is 10.4. The number of nitrogens with zero attached hydrogens (tertiary/aromatic N) is 2. The molecule has 0 radical (unpaired) electrons. The van der Waals surface area contributed by atoms with E-state index in [0.717, 1.165) is 12.8 Å². The summed E-state index contributed by atoms with van der Waals surface area (Å²) in [5.41, 5.74) is 2.67. The number of rotatable bonds is 7. The van der Waals surface area contributed by atoms with Gasteiger partial charge in [-0.1, -0.05) is 26.2 Å². The highest BCUT2D eigenvalue weighted by Gasteiger charge is 2.11. The molecule has 6 heteroatoms. The second-order valence-corrected chi connectivity index (χ2v) is 4.32. The Balaban J connectivity index is 2.43. The van der Waals surface area contributed by atoms with Crippen LogP contribution in [0.15, 0.2) is 12.1 Å². The Morgan fingerprint density at radius 2 is 2.17 bits per heavy atom. The van der Waals surface area contributed by atoms with Crippen LogP contribution in [0.3, 0.4) is 0 Å². The molecule has 1 rings (SSSR count). The molecule has 1 amide bonds. The first-order chi connectivity index (χ1) is 8.67. The van der Waals surface area contributed by atoms with Crippen LogP contribution in [0.5, 0.6) is 0 Å². The molecule has 1 aromatic heterocycles. The SMILES string of the molecule is CCCCCC(C)NC(=O)c1ccc(NN)nn1. The number of anilines is 1. The fourth-order valence-electron chi connectivity index (χ4n) is 1.60. The summed E-state index contributed by atoms with van der Waals surface area (Å²) >= 11 is 0. The van der Waals surface area contributed by atoms with Crippen LogP contribution >= 0.6 is 0 Å². The Hall–Kier alpha value is -1.69. The minimum atomic E-state index is -0.199. The lowest BCUT2D eigenvalue weighted by Gasteiger charge is -2.12. The molecule has 0 fully saturated rings. The molecule has 0 saturated heterocycles. The lowest BCUT2D eigenvalue weighted by Crippen LogP contribution is -2.33. The quantitative estimate of drug-likeness (QED) is 0.387. The summed E-state index contributed by atoms with van der Waals surface area (Å²) in [5.74, 6) is 5.41. The van der Waals surface area contributed by atoms with Gasteiger partial charge in [-0.25, -0.2) is 5.84 Å². The number of unbranched alkanes of at least 4 members (excludes halogenated alkanes) is 2. The zero-order valence-electron chi connectivity index (χ0n) is 10.9. The van der Waals surface area contributed by atoms with Gasteiger partial charge in [-0.15, -0.1) is 10.2 Å². The fourth-order valence-corrected chi connectivity index (χ4v) is 1.60. The molecule has 6 nitrogen and oxygen atoms in total. The summed E-state index contributed by atoms with van der Waals surface area (Å²) < 4.78 is 0. The topological polar surface area (TPSA) is 92.9 Å². The van der Waals surface area contributed by atoms with Gasteiger partial charge in [0, 0.05) is 6.04 Å². The first kappa shape index (κ1) is 14.4. The Kier molecular flexibility index (Phi) is 6.07. The molecule has 0 aliphatic rings. The van der Waals surface area contributed by atoms with E-state index in [9.17, 15) is 4.79 Å². The van der Waals surface area contributed by atoms with Crippen molar-refractivity contribution in [3.63, 3.8) is 0 Å². The number of carbonyl (C=O) groups excluding carboxylic acids is 1. The summed E-state index contributed by atoms with van der Waals surface area (Å²) in [6.07, 6.45) is 4.48. The average Bonchev–Trinajstić information content (AvgIpc) is 2.39. The van der Waals surface area contributed by atoms with Crippen LogP contribution in [0.1, 0.15) is 50.0 Å². The molecular formula is C12H21N5O. The Morgan fingerprint density at radius 3 is 2.72 bits per heavy atom. The molecule has 1 unspecified atom stereocenters. The molecule has 4 N–H and O–H groups in total.